The predicted octanol–water partition coefficient (Wildman–Crippen LogP) is 2.68. The molecule has 0 spiro atoms. The predicted molar refractivity (Wildman–Crippen MR) is 78.1 cm³/mol. The zero-order chi connectivity index (χ0) is 15.8. The molecule has 118 valence electrons. The summed E-state index contributed by atoms with van der Waals surface area (Å²) in [6, 6.07) is 5.37. The summed E-state index contributed by atoms with van der Waals surface area (Å²) in [7, 11) is 3.15. The van der Waals surface area contributed by atoms with Gasteiger partial charge in [-0.05, 0) is 31.0 Å². The van der Waals surface area contributed by atoms with Gasteiger partial charge < -0.3 is 18.5 Å². The molecule has 1 aliphatic rings. The summed E-state index contributed by atoms with van der Waals surface area (Å²) < 4.78 is 20.9. The van der Waals surface area contributed by atoms with Crippen LogP contribution >= 0.6 is 0 Å². The van der Waals surface area contributed by atoms with Crippen LogP contribution in [0.3, 0.4) is 0 Å². The first-order valence-electron chi connectivity index (χ1n) is 7.18. The normalized spacial score (nSPS) is 14.0. The fourth-order valence-corrected chi connectivity index (χ4v) is 2.23. The summed E-state index contributed by atoms with van der Waals surface area (Å²) in [6.45, 7) is 0. The Labute approximate surface area is 131 Å². The van der Waals surface area contributed by atoms with Gasteiger partial charge in [0.15, 0.2) is 17.3 Å². The quantitative estimate of drug-likeness (QED) is 0.709. The standard InChI is InChI=1S/C15H14N4O4/c1-20-10-6-5-9(7-11(10)21-2)13-17-15(23-19-13)14-16-12(18-22-14)8-3-4-8/h5-8H,3-4H2,1-2H3. The lowest BCUT2D eigenvalue weighted by Crippen LogP contribution is -1.91. The van der Waals surface area contributed by atoms with Crippen LogP contribution in [0.1, 0.15) is 24.6 Å². The monoisotopic (exact) mass is 314 g/mol. The van der Waals surface area contributed by atoms with E-state index in [4.69, 9.17) is 18.5 Å². The molecule has 0 bridgehead atoms. The van der Waals surface area contributed by atoms with Crippen molar-refractivity contribution in [1.29, 1.82) is 0 Å². The first-order chi connectivity index (χ1) is 11.3. The molecule has 0 amide bonds. The molecule has 8 heteroatoms. The van der Waals surface area contributed by atoms with Gasteiger partial charge >= 0.3 is 11.8 Å². The zero-order valence-corrected chi connectivity index (χ0v) is 12.6. The summed E-state index contributed by atoms with van der Waals surface area (Å²) in [5.41, 5.74) is 0.736. The minimum absolute atomic E-state index is 0.203. The average molecular weight is 314 g/mol. The number of rotatable bonds is 5. The van der Waals surface area contributed by atoms with E-state index >= 15 is 0 Å². The summed E-state index contributed by atoms with van der Waals surface area (Å²) in [4.78, 5) is 8.60. The first-order valence-corrected chi connectivity index (χ1v) is 7.18. The summed E-state index contributed by atoms with van der Waals surface area (Å²) in [5, 5.41) is 7.89. The number of nitrogens with zero attached hydrogens (tertiary/aromatic N) is 4. The fourth-order valence-electron chi connectivity index (χ4n) is 2.23. The summed E-state index contributed by atoms with van der Waals surface area (Å²) in [6.07, 6.45) is 2.19. The maximum atomic E-state index is 5.27. The molecule has 23 heavy (non-hydrogen) atoms. The number of hydrogen-bond donors (Lipinski definition) is 0. The Morgan fingerprint density at radius 1 is 0.957 bits per heavy atom. The van der Waals surface area contributed by atoms with Gasteiger partial charge in [0.05, 0.1) is 14.2 Å². The van der Waals surface area contributed by atoms with Crippen LogP contribution in [0.25, 0.3) is 23.2 Å². The van der Waals surface area contributed by atoms with E-state index in [-0.39, 0.29) is 11.8 Å². The second kappa shape index (κ2) is 5.38. The highest BCUT2D eigenvalue weighted by Crippen LogP contribution is 2.39. The lowest BCUT2D eigenvalue weighted by Gasteiger charge is -2.07. The second-order valence-corrected chi connectivity index (χ2v) is 5.22. The molecule has 2 heterocycles. The van der Waals surface area contributed by atoms with Gasteiger partial charge in [0.1, 0.15) is 0 Å². The summed E-state index contributed by atoms with van der Waals surface area (Å²) in [5.74, 6) is 3.18. The van der Waals surface area contributed by atoms with Gasteiger partial charge in [-0.1, -0.05) is 10.3 Å². The molecule has 1 fully saturated rings. The number of aromatic nitrogens is 4. The minimum atomic E-state index is 0.203. The van der Waals surface area contributed by atoms with E-state index in [9.17, 15) is 0 Å². The molecule has 0 aliphatic heterocycles. The van der Waals surface area contributed by atoms with Gasteiger partial charge in [-0.3, -0.25) is 0 Å². The highest BCUT2D eigenvalue weighted by molar-refractivity contribution is 5.61. The molecule has 0 saturated heterocycles. The van der Waals surface area contributed by atoms with E-state index in [1.165, 1.54) is 0 Å². The number of methoxy groups -OCH3 is 2. The average Bonchev–Trinajstić information content (AvgIpc) is 3.13. The van der Waals surface area contributed by atoms with Crippen molar-refractivity contribution in [2.24, 2.45) is 0 Å². The Bertz CT molecular complexity index is 838. The third-order valence-electron chi connectivity index (χ3n) is 3.63. The van der Waals surface area contributed by atoms with Crippen molar-refractivity contribution in [3.63, 3.8) is 0 Å². The maximum Gasteiger partial charge on any atom is 0.316 e. The number of benzene rings is 1. The minimum Gasteiger partial charge on any atom is -0.493 e. The van der Waals surface area contributed by atoms with E-state index in [0.29, 0.717) is 29.1 Å². The van der Waals surface area contributed by atoms with Crippen molar-refractivity contribution in [3.8, 4) is 34.7 Å². The van der Waals surface area contributed by atoms with Crippen LogP contribution in [0.4, 0.5) is 0 Å². The number of hydrogen-bond acceptors (Lipinski definition) is 8. The molecule has 0 atom stereocenters. The van der Waals surface area contributed by atoms with Crippen molar-refractivity contribution in [3.05, 3.63) is 24.0 Å². The lowest BCUT2D eigenvalue weighted by molar-refractivity contribution is 0.355. The molecule has 4 rings (SSSR count). The van der Waals surface area contributed by atoms with Crippen LogP contribution in [0, 0.1) is 0 Å². The molecular formula is C15H14N4O4. The Kier molecular flexibility index (Phi) is 3.22. The van der Waals surface area contributed by atoms with Crippen molar-refractivity contribution >= 4 is 0 Å². The van der Waals surface area contributed by atoms with Gasteiger partial charge in [-0.15, -0.1) is 0 Å². The molecule has 1 aliphatic carbocycles. The van der Waals surface area contributed by atoms with Gasteiger partial charge in [0.25, 0.3) is 0 Å². The van der Waals surface area contributed by atoms with Crippen LogP contribution in [0.2, 0.25) is 0 Å². The number of ether oxygens (including phenoxy) is 2. The van der Waals surface area contributed by atoms with Gasteiger partial charge in [-0.2, -0.15) is 9.97 Å². The molecule has 1 aromatic carbocycles. The van der Waals surface area contributed by atoms with Gasteiger partial charge in [-0.25, -0.2) is 0 Å². The Morgan fingerprint density at radius 2 is 1.70 bits per heavy atom. The van der Waals surface area contributed by atoms with Crippen LogP contribution in [0.15, 0.2) is 27.2 Å². The van der Waals surface area contributed by atoms with E-state index in [1.807, 2.05) is 6.07 Å². The molecule has 0 unspecified atom stereocenters. The van der Waals surface area contributed by atoms with E-state index in [1.54, 1.807) is 26.4 Å². The highest BCUT2D eigenvalue weighted by Gasteiger charge is 2.30. The first kappa shape index (κ1) is 13.7. The Hall–Kier alpha value is -2.90. The topological polar surface area (TPSA) is 96.3 Å². The van der Waals surface area contributed by atoms with E-state index in [0.717, 1.165) is 18.4 Å². The van der Waals surface area contributed by atoms with Gasteiger partial charge in [0.2, 0.25) is 5.82 Å². The molecule has 2 aromatic heterocycles. The zero-order valence-electron chi connectivity index (χ0n) is 12.6. The molecule has 1 saturated carbocycles. The fraction of sp³-hybridized carbons (Fsp3) is 0.333. The van der Waals surface area contributed by atoms with Crippen molar-refractivity contribution in [2.45, 2.75) is 18.8 Å². The largest absolute Gasteiger partial charge is 0.493 e. The van der Waals surface area contributed by atoms with Crippen LogP contribution < -0.4 is 9.47 Å². The van der Waals surface area contributed by atoms with Gasteiger partial charge in [0, 0.05) is 11.5 Å². The molecule has 0 N–H and O–H groups in total. The van der Waals surface area contributed by atoms with E-state index in [2.05, 4.69) is 20.3 Å². The highest BCUT2D eigenvalue weighted by atomic mass is 16.5. The molecular weight excluding hydrogens is 300 g/mol. The third kappa shape index (κ3) is 2.52. The van der Waals surface area contributed by atoms with E-state index < -0.39 is 0 Å². The Morgan fingerprint density at radius 3 is 2.43 bits per heavy atom. The lowest BCUT2D eigenvalue weighted by atomic mass is 10.2. The van der Waals surface area contributed by atoms with Crippen molar-refractivity contribution in [1.82, 2.24) is 20.3 Å². The second-order valence-electron chi connectivity index (χ2n) is 5.22. The molecule has 0 radical (unpaired) electrons. The third-order valence-corrected chi connectivity index (χ3v) is 3.63. The molecule has 3 aromatic rings. The van der Waals surface area contributed by atoms with Crippen molar-refractivity contribution in [2.75, 3.05) is 14.2 Å². The Balaban J connectivity index is 1.64. The summed E-state index contributed by atoms with van der Waals surface area (Å²) >= 11 is 0. The van der Waals surface area contributed by atoms with Crippen LogP contribution in [0.5, 0.6) is 11.5 Å². The van der Waals surface area contributed by atoms with Crippen LogP contribution in [-0.2, 0) is 0 Å². The smallest absolute Gasteiger partial charge is 0.316 e. The van der Waals surface area contributed by atoms with Crippen LogP contribution in [-0.4, -0.2) is 34.5 Å². The maximum absolute atomic E-state index is 5.27. The SMILES string of the molecule is COc1ccc(-c2noc(-c3nc(C4CC4)no3)n2)cc1OC. The molecule has 8 nitrogen and oxygen atoms in total. The van der Waals surface area contributed by atoms with Crippen molar-refractivity contribution < 1.29 is 18.5 Å².